The monoisotopic (exact) mass is 194 g/mol. The summed E-state index contributed by atoms with van der Waals surface area (Å²) < 4.78 is 0. The molecule has 0 heterocycles. The summed E-state index contributed by atoms with van der Waals surface area (Å²) in [7, 11) is 0. The van der Waals surface area contributed by atoms with Gasteiger partial charge in [-0.2, -0.15) is 0 Å². The summed E-state index contributed by atoms with van der Waals surface area (Å²) in [5.74, 6) is 0.123. The van der Waals surface area contributed by atoms with Crippen LogP contribution in [-0.2, 0) is 4.79 Å². The normalized spacial score (nSPS) is 27.9. The van der Waals surface area contributed by atoms with Gasteiger partial charge in [-0.15, -0.1) is 13.2 Å². The van der Waals surface area contributed by atoms with E-state index in [1.807, 2.05) is 0 Å². The van der Waals surface area contributed by atoms with Crippen LogP contribution in [0, 0.1) is 10.8 Å². The molecule has 1 fully saturated rings. The molecule has 1 N–H and O–H groups in total. The third-order valence-electron chi connectivity index (χ3n) is 3.26. The Morgan fingerprint density at radius 3 is 2.07 bits per heavy atom. The molecule has 14 heavy (non-hydrogen) atoms. The number of aliphatic hydroxyl groups excluding tert-OH is 1. The number of aliphatic hydroxyl groups is 1. The van der Waals surface area contributed by atoms with Crippen molar-refractivity contribution in [2.45, 2.75) is 32.8 Å². The number of Topliss-reactive ketones (excluding diaryl/α,β-unsaturated/α-hetero) is 1. The van der Waals surface area contributed by atoms with Crippen LogP contribution >= 0.6 is 0 Å². The molecular formula is C12H18O2. The van der Waals surface area contributed by atoms with Crippen molar-refractivity contribution in [3.05, 3.63) is 25.3 Å². The maximum absolute atomic E-state index is 11.9. The lowest BCUT2D eigenvalue weighted by Gasteiger charge is -2.55. The van der Waals surface area contributed by atoms with Crippen LogP contribution in [-0.4, -0.2) is 17.0 Å². The summed E-state index contributed by atoms with van der Waals surface area (Å²) in [4.78, 5) is 11.9. The molecule has 0 radical (unpaired) electrons. The molecule has 1 aliphatic carbocycles. The summed E-state index contributed by atoms with van der Waals surface area (Å²) >= 11 is 0. The highest BCUT2D eigenvalue weighted by atomic mass is 16.3. The van der Waals surface area contributed by atoms with Gasteiger partial charge in [-0.1, -0.05) is 26.0 Å². The third-order valence-corrected chi connectivity index (χ3v) is 3.26. The molecule has 2 heteroatoms. The van der Waals surface area contributed by atoms with Crippen molar-refractivity contribution in [1.29, 1.82) is 0 Å². The first kappa shape index (κ1) is 11.2. The van der Waals surface area contributed by atoms with Crippen molar-refractivity contribution in [3.63, 3.8) is 0 Å². The van der Waals surface area contributed by atoms with E-state index in [4.69, 9.17) is 0 Å². The van der Waals surface area contributed by atoms with Crippen LogP contribution in [0.4, 0.5) is 0 Å². The van der Waals surface area contributed by atoms with Gasteiger partial charge < -0.3 is 5.11 Å². The number of carbonyl (C=O) groups excluding carboxylic acids is 1. The molecule has 0 bridgehead atoms. The van der Waals surface area contributed by atoms with E-state index in [9.17, 15) is 9.90 Å². The molecule has 1 saturated carbocycles. The van der Waals surface area contributed by atoms with Crippen LogP contribution in [0.25, 0.3) is 0 Å². The Morgan fingerprint density at radius 2 is 1.79 bits per heavy atom. The zero-order valence-electron chi connectivity index (χ0n) is 8.92. The average Bonchev–Trinajstić information content (AvgIpc) is 2.15. The molecule has 0 aliphatic heterocycles. The topological polar surface area (TPSA) is 37.3 Å². The standard InChI is InChI=1S/C12H18O2/c1-5-7-12(8-6-2)9(13)11(3,4)10(12)14/h5-6,9,13H,1-2,7-8H2,3-4H3. The Hall–Kier alpha value is -0.890. The van der Waals surface area contributed by atoms with Crippen LogP contribution in [0.1, 0.15) is 26.7 Å². The minimum atomic E-state index is -0.646. The van der Waals surface area contributed by atoms with Crippen LogP contribution in [0.5, 0.6) is 0 Å². The summed E-state index contributed by atoms with van der Waals surface area (Å²) in [6, 6.07) is 0. The van der Waals surface area contributed by atoms with E-state index in [1.165, 1.54) is 0 Å². The Bertz CT molecular complexity index is 266. The van der Waals surface area contributed by atoms with E-state index in [-0.39, 0.29) is 5.78 Å². The lowest BCUT2D eigenvalue weighted by molar-refractivity contribution is -0.186. The molecule has 0 aromatic carbocycles. The zero-order chi connectivity index (χ0) is 11.0. The Morgan fingerprint density at radius 1 is 1.36 bits per heavy atom. The van der Waals surface area contributed by atoms with Gasteiger partial charge in [0.15, 0.2) is 0 Å². The van der Waals surface area contributed by atoms with Crippen LogP contribution in [0.2, 0.25) is 0 Å². The predicted octanol–water partition coefficient (Wildman–Crippen LogP) is 2.09. The van der Waals surface area contributed by atoms with Gasteiger partial charge in [-0.3, -0.25) is 4.79 Å². The first-order valence-corrected chi connectivity index (χ1v) is 4.88. The van der Waals surface area contributed by atoms with E-state index in [0.29, 0.717) is 12.8 Å². The summed E-state index contributed by atoms with van der Waals surface area (Å²) in [6.45, 7) is 10.8. The maximum Gasteiger partial charge on any atom is 0.150 e. The number of hydrogen-bond acceptors (Lipinski definition) is 2. The fourth-order valence-corrected chi connectivity index (χ4v) is 2.51. The van der Waals surface area contributed by atoms with Crippen LogP contribution in [0.15, 0.2) is 25.3 Å². The predicted molar refractivity (Wildman–Crippen MR) is 56.9 cm³/mol. The quantitative estimate of drug-likeness (QED) is 0.696. The van der Waals surface area contributed by atoms with Crippen molar-refractivity contribution >= 4 is 5.78 Å². The van der Waals surface area contributed by atoms with E-state index in [2.05, 4.69) is 13.2 Å². The first-order chi connectivity index (χ1) is 6.43. The molecule has 78 valence electrons. The second-order valence-electron chi connectivity index (χ2n) is 4.60. The summed E-state index contributed by atoms with van der Waals surface area (Å²) in [5.41, 5.74) is -1.25. The number of ketones is 1. The van der Waals surface area contributed by atoms with Gasteiger partial charge in [-0.25, -0.2) is 0 Å². The average molecular weight is 194 g/mol. The maximum atomic E-state index is 11.9. The number of carbonyl (C=O) groups is 1. The molecule has 1 aliphatic rings. The van der Waals surface area contributed by atoms with Gasteiger partial charge in [0.1, 0.15) is 5.78 Å². The molecule has 1 atom stereocenters. The smallest absolute Gasteiger partial charge is 0.150 e. The Balaban J connectivity index is 2.97. The Labute approximate surface area is 85.3 Å². The summed E-state index contributed by atoms with van der Waals surface area (Å²) in [6.07, 6.45) is 3.86. The second kappa shape index (κ2) is 3.35. The largest absolute Gasteiger partial charge is 0.391 e. The van der Waals surface area contributed by atoms with Gasteiger partial charge in [0.2, 0.25) is 0 Å². The SMILES string of the molecule is C=CCC1(CC=C)C(=O)C(C)(C)C1O. The van der Waals surface area contributed by atoms with Gasteiger partial charge in [-0.05, 0) is 12.8 Å². The third kappa shape index (κ3) is 1.17. The molecule has 0 amide bonds. The fourth-order valence-electron chi connectivity index (χ4n) is 2.51. The highest BCUT2D eigenvalue weighted by Crippen LogP contribution is 2.54. The summed E-state index contributed by atoms with van der Waals surface area (Å²) in [5, 5.41) is 10.0. The molecular weight excluding hydrogens is 176 g/mol. The molecule has 1 rings (SSSR count). The number of hydrogen-bond donors (Lipinski definition) is 1. The van der Waals surface area contributed by atoms with Crippen molar-refractivity contribution < 1.29 is 9.90 Å². The highest BCUT2D eigenvalue weighted by Gasteiger charge is 2.64. The minimum absolute atomic E-state index is 0.123. The molecule has 0 saturated heterocycles. The lowest BCUT2D eigenvalue weighted by Crippen LogP contribution is -2.66. The molecule has 0 aromatic heterocycles. The van der Waals surface area contributed by atoms with Gasteiger partial charge in [0.05, 0.1) is 16.9 Å². The molecule has 0 spiro atoms. The zero-order valence-corrected chi connectivity index (χ0v) is 8.92. The van der Waals surface area contributed by atoms with Crippen LogP contribution < -0.4 is 0 Å². The second-order valence-corrected chi connectivity index (χ2v) is 4.60. The van der Waals surface area contributed by atoms with Gasteiger partial charge in [0.25, 0.3) is 0 Å². The first-order valence-electron chi connectivity index (χ1n) is 4.88. The number of rotatable bonds is 4. The minimum Gasteiger partial charge on any atom is -0.391 e. The molecule has 1 unspecified atom stereocenters. The van der Waals surface area contributed by atoms with E-state index < -0.39 is 16.9 Å². The molecule has 2 nitrogen and oxygen atoms in total. The van der Waals surface area contributed by atoms with E-state index >= 15 is 0 Å². The van der Waals surface area contributed by atoms with Gasteiger partial charge >= 0.3 is 0 Å². The van der Waals surface area contributed by atoms with Crippen molar-refractivity contribution in [3.8, 4) is 0 Å². The lowest BCUT2D eigenvalue weighted by atomic mass is 9.48. The number of allylic oxidation sites excluding steroid dienone is 2. The van der Waals surface area contributed by atoms with E-state index in [1.54, 1.807) is 26.0 Å². The highest BCUT2D eigenvalue weighted by molar-refractivity contribution is 5.98. The fraction of sp³-hybridized carbons (Fsp3) is 0.583. The van der Waals surface area contributed by atoms with Gasteiger partial charge in [0, 0.05) is 0 Å². The molecule has 0 aromatic rings. The van der Waals surface area contributed by atoms with Crippen molar-refractivity contribution in [1.82, 2.24) is 0 Å². The van der Waals surface area contributed by atoms with Crippen molar-refractivity contribution in [2.75, 3.05) is 0 Å². The Kier molecular flexibility index (Phi) is 2.68. The van der Waals surface area contributed by atoms with E-state index in [0.717, 1.165) is 0 Å². The van der Waals surface area contributed by atoms with Crippen LogP contribution in [0.3, 0.4) is 0 Å². The van der Waals surface area contributed by atoms with Crippen molar-refractivity contribution in [2.24, 2.45) is 10.8 Å².